The van der Waals surface area contributed by atoms with E-state index < -0.39 is 11.9 Å². The Morgan fingerprint density at radius 3 is 2.68 bits per heavy atom. The maximum atomic E-state index is 12.5. The topological polar surface area (TPSA) is 67.2 Å². The summed E-state index contributed by atoms with van der Waals surface area (Å²) in [4.78, 5) is 11.8. The normalized spacial score (nSPS) is 11.5. The van der Waals surface area contributed by atoms with Crippen molar-refractivity contribution in [1.29, 1.82) is 0 Å². The van der Waals surface area contributed by atoms with Crippen molar-refractivity contribution in [1.82, 2.24) is 9.78 Å². The van der Waals surface area contributed by atoms with E-state index in [0.29, 0.717) is 11.4 Å². The van der Waals surface area contributed by atoms with Crippen molar-refractivity contribution >= 4 is 11.6 Å². The average molecular weight is 313 g/mol. The number of amides is 1. The number of rotatable bonds is 4. The van der Waals surface area contributed by atoms with Gasteiger partial charge in [-0.2, -0.15) is 18.3 Å². The van der Waals surface area contributed by atoms with Gasteiger partial charge in [-0.25, -0.2) is 0 Å². The number of alkyl halides is 3. The van der Waals surface area contributed by atoms with Crippen molar-refractivity contribution in [3.8, 4) is 5.75 Å². The zero-order valence-corrected chi connectivity index (χ0v) is 11.7. The van der Waals surface area contributed by atoms with E-state index in [1.54, 1.807) is 12.1 Å². The standard InChI is InChI=1S/C14H14F3N3O2/c1-9-7-12(14(15,16)17)19-20(9)6-5-13(22)18-10-3-2-4-11(21)8-10/h2-4,7-8,21H,5-6H2,1H3,(H,18,22). The van der Waals surface area contributed by atoms with Crippen LogP contribution in [0.15, 0.2) is 30.3 Å². The number of carbonyl (C=O) groups excluding carboxylic acids is 1. The number of carbonyl (C=O) groups is 1. The van der Waals surface area contributed by atoms with Crippen LogP contribution in [-0.2, 0) is 17.5 Å². The summed E-state index contributed by atoms with van der Waals surface area (Å²) < 4.78 is 38.7. The van der Waals surface area contributed by atoms with Gasteiger partial charge in [-0.15, -0.1) is 0 Å². The fraction of sp³-hybridized carbons (Fsp3) is 0.286. The molecular weight excluding hydrogens is 299 g/mol. The molecule has 0 radical (unpaired) electrons. The minimum absolute atomic E-state index is 0.00976. The lowest BCUT2D eigenvalue weighted by molar-refractivity contribution is -0.141. The SMILES string of the molecule is Cc1cc(C(F)(F)F)nn1CCC(=O)Nc1cccc(O)c1. The summed E-state index contributed by atoms with van der Waals surface area (Å²) in [6, 6.07) is 6.93. The highest BCUT2D eigenvalue weighted by molar-refractivity contribution is 5.90. The first-order valence-corrected chi connectivity index (χ1v) is 6.46. The Morgan fingerprint density at radius 1 is 1.36 bits per heavy atom. The molecule has 0 fully saturated rings. The predicted octanol–water partition coefficient (Wildman–Crippen LogP) is 2.94. The van der Waals surface area contributed by atoms with Gasteiger partial charge in [0.1, 0.15) is 5.75 Å². The van der Waals surface area contributed by atoms with Crippen molar-refractivity contribution in [2.75, 3.05) is 5.32 Å². The molecule has 1 heterocycles. The molecule has 0 aliphatic heterocycles. The minimum atomic E-state index is -4.50. The number of aromatic nitrogens is 2. The zero-order valence-electron chi connectivity index (χ0n) is 11.7. The van der Waals surface area contributed by atoms with Gasteiger partial charge in [-0.05, 0) is 25.1 Å². The smallest absolute Gasteiger partial charge is 0.435 e. The highest BCUT2D eigenvalue weighted by Crippen LogP contribution is 2.28. The fourth-order valence-corrected chi connectivity index (χ4v) is 1.89. The molecule has 1 aromatic heterocycles. The molecule has 0 unspecified atom stereocenters. The Hall–Kier alpha value is -2.51. The molecule has 2 N–H and O–H groups in total. The molecule has 0 aliphatic carbocycles. The third-order valence-corrected chi connectivity index (χ3v) is 2.95. The second-order valence-electron chi connectivity index (χ2n) is 4.74. The molecular formula is C14H14F3N3O2. The quantitative estimate of drug-likeness (QED) is 0.912. The summed E-state index contributed by atoms with van der Waals surface area (Å²) in [5, 5.41) is 15.3. The summed E-state index contributed by atoms with van der Waals surface area (Å²) in [6.07, 6.45) is -4.53. The number of benzene rings is 1. The summed E-state index contributed by atoms with van der Waals surface area (Å²) in [7, 11) is 0. The van der Waals surface area contributed by atoms with Gasteiger partial charge in [0.2, 0.25) is 5.91 Å². The number of aromatic hydroxyl groups is 1. The number of hydrogen-bond donors (Lipinski definition) is 2. The maximum absolute atomic E-state index is 12.5. The molecule has 1 amide bonds. The number of phenolic OH excluding ortho intramolecular Hbond substituents is 1. The van der Waals surface area contributed by atoms with Crippen LogP contribution in [-0.4, -0.2) is 20.8 Å². The fourth-order valence-electron chi connectivity index (χ4n) is 1.89. The first kappa shape index (κ1) is 15.9. The third kappa shape index (κ3) is 4.00. The number of halogens is 3. The van der Waals surface area contributed by atoms with Crippen LogP contribution in [0.5, 0.6) is 5.75 Å². The lowest BCUT2D eigenvalue weighted by atomic mass is 10.3. The average Bonchev–Trinajstić information content (AvgIpc) is 2.78. The molecule has 118 valence electrons. The molecule has 0 aliphatic rings. The van der Waals surface area contributed by atoms with E-state index in [0.717, 1.165) is 10.7 Å². The third-order valence-electron chi connectivity index (χ3n) is 2.95. The number of phenols is 1. The van der Waals surface area contributed by atoms with E-state index >= 15 is 0 Å². The van der Waals surface area contributed by atoms with Crippen LogP contribution in [0.25, 0.3) is 0 Å². The van der Waals surface area contributed by atoms with Crippen LogP contribution in [0.2, 0.25) is 0 Å². The lowest BCUT2D eigenvalue weighted by Crippen LogP contribution is -2.16. The Balaban J connectivity index is 1.95. The van der Waals surface area contributed by atoms with Crippen LogP contribution in [0, 0.1) is 6.92 Å². The van der Waals surface area contributed by atoms with Gasteiger partial charge in [-0.1, -0.05) is 6.07 Å². The van der Waals surface area contributed by atoms with Crippen molar-refractivity contribution in [3.63, 3.8) is 0 Å². The van der Waals surface area contributed by atoms with Gasteiger partial charge in [0.15, 0.2) is 5.69 Å². The summed E-state index contributed by atoms with van der Waals surface area (Å²) in [5.74, 6) is -0.371. The van der Waals surface area contributed by atoms with Crippen molar-refractivity contribution in [2.45, 2.75) is 26.1 Å². The van der Waals surface area contributed by atoms with E-state index in [1.165, 1.54) is 19.1 Å². The number of anilines is 1. The molecule has 0 bridgehead atoms. The van der Waals surface area contributed by atoms with Crippen LogP contribution in [0.3, 0.4) is 0 Å². The number of nitrogens with one attached hydrogen (secondary N) is 1. The Morgan fingerprint density at radius 2 is 2.09 bits per heavy atom. The highest BCUT2D eigenvalue weighted by atomic mass is 19.4. The molecule has 0 saturated heterocycles. The second kappa shape index (κ2) is 6.08. The van der Waals surface area contributed by atoms with E-state index in [9.17, 15) is 23.1 Å². The van der Waals surface area contributed by atoms with Crippen molar-refractivity contribution < 1.29 is 23.1 Å². The zero-order chi connectivity index (χ0) is 16.3. The minimum Gasteiger partial charge on any atom is -0.508 e. The summed E-state index contributed by atoms with van der Waals surface area (Å²) in [6.45, 7) is 1.53. The second-order valence-corrected chi connectivity index (χ2v) is 4.74. The molecule has 2 rings (SSSR count). The molecule has 22 heavy (non-hydrogen) atoms. The molecule has 1 aromatic carbocycles. The van der Waals surface area contributed by atoms with Gasteiger partial charge in [0, 0.05) is 30.4 Å². The van der Waals surface area contributed by atoms with Crippen LogP contribution < -0.4 is 5.32 Å². The van der Waals surface area contributed by atoms with Crippen LogP contribution in [0.4, 0.5) is 18.9 Å². The van der Waals surface area contributed by atoms with E-state index in [2.05, 4.69) is 10.4 Å². The lowest BCUT2D eigenvalue weighted by Gasteiger charge is -2.07. The first-order chi connectivity index (χ1) is 10.3. The van der Waals surface area contributed by atoms with Gasteiger partial charge < -0.3 is 10.4 Å². The monoisotopic (exact) mass is 313 g/mol. The van der Waals surface area contributed by atoms with E-state index in [4.69, 9.17) is 0 Å². The maximum Gasteiger partial charge on any atom is 0.435 e. The summed E-state index contributed by atoms with van der Waals surface area (Å²) in [5.41, 5.74) is -0.228. The van der Waals surface area contributed by atoms with E-state index in [1.807, 2.05) is 0 Å². The molecule has 2 aromatic rings. The van der Waals surface area contributed by atoms with Gasteiger partial charge in [0.25, 0.3) is 0 Å². The van der Waals surface area contributed by atoms with Crippen LogP contribution >= 0.6 is 0 Å². The van der Waals surface area contributed by atoms with Crippen molar-refractivity contribution in [2.24, 2.45) is 0 Å². The Bertz CT molecular complexity index is 680. The number of hydrogen-bond acceptors (Lipinski definition) is 3. The largest absolute Gasteiger partial charge is 0.508 e. The highest BCUT2D eigenvalue weighted by Gasteiger charge is 2.34. The molecule has 0 atom stereocenters. The Kier molecular flexibility index (Phi) is 4.39. The predicted molar refractivity (Wildman–Crippen MR) is 73.3 cm³/mol. The van der Waals surface area contributed by atoms with Gasteiger partial charge >= 0.3 is 6.18 Å². The number of nitrogens with zero attached hydrogens (tertiary/aromatic N) is 2. The number of aryl methyl sites for hydroxylation is 2. The Labute approximate surface area is 124 Å². The summed E-state index contributed by atoms with van der Waals surface area (Å²) >= 11 is 0. The van der Waals surface area contributed by atoms with E-state index in [-0.39, 0.29) is 24.6 Å². The van der Waals surface area contributed by atoms with Crippen molar-refractivity contribution in [3.05, 3.63) is 41.7 Å². The molecule has 5 nitrogen and oxygen atoms in total. The van der Waals surface area contributed by atoms with Crippen LogP contribution in [0.1, 0.15) is 17.8 Å². The molecule has 8 heteroatoms. The first-order valence-electron chi connectivity index (χ1n) is 6.46. The van der Waals surface area contributed by atoms with Gasteiger partial charge in [-0.3, -0.25) is 9.48 Å². The molecule has 0 spiro atoms. The van der Waals surface area contributed by atoms with Gasteiger partial charge in [0.05, 0.1) is 0 Å². The molecule has 0 saturated carbocycles.